The smallest absolute Gasteiger partial charge is 0.332 e. The number of esters is 2. The zero-order valence-electron chi connectivity index (χ0n) is 15.4. The van der Waals surface area contributed by atoms with Crippen LogP contribution < -0.4 is 10.6 Å². The van der Waals surface area contributed by atoms with Gasteiger partial charge in [-0.05, 0) is 11.1 Å². The first-order valence-electron chi connectivity index (χ1n) is 8.31. The van der Waals surface area contributed by atoms with Crippen molar-refractivity contribution in [1.82, 2.24) is 10.6 Å². The van der Waals surface area contributed by atoms with Gasteiger partial charge < -0.3 is 20.1 Å². The van der Waals surface area contributed by atoms with Crippen molar-refractivity contribution in [3.05, 3.63) is 23.3 Å². The van der Waals surface area contributed by atoms with E-state index in [-0.39, 0.29) is 24.7 Å². The molecule has 0 aromatic rings. The van der Waals surface area contributed by atoms with Crippen molar-refractivity contribution in [3.8, 4) is 0 Å². The summed E-state index contributed by atoms with van der Waals surface area (Å²) in [5, 5.41) is 5.38. The van der Waals surface area contributed by atoms with Crippen LogP contribution in [0.25, 0.3) is 0 Å². The molecule has 2 aliphatic rings. The van der Waals surface area contributed by atoms with E-state index in [0.717, 1.165) is 11.1 Å². The maximum absolute atomic E-state index is 12.2. The Hall–Kier alpha value is -2.64. The molecule has 2 aliphatic carbocycles. The summed E-state index contributed by atoms with van der Waals surface area (Å²) in [6.45, 7) is 2.69. The van der Waals surface area contributed by atoms with E-state index in [2.05, 4.69) is 10.6 Å². The second kappa shape index (κ2) is 7.31. The number of rotatable bonds is 5. The third kappa shape index (κ3) is 3.63. The van der Waals surface area contributed by atoms with Crippen LogP contribution in [0.3, 0.4) is 0 Å². The number of amides is 2. The number of carbonyl (C=O) groups excluding carboxylic acids is 4. The van der Waals surface area contributed by atoms with Crippen LogP contribution in [0, 0.1) is 0 Å². The minimum absolute atomic E-state index is 0.266. The molecule has 2 rings (SSSR count). The van der Waals surface area contributed by atoms with Crippen LogP contribution in [0.5, 0.6) is 0 Å². The lowest BCUT2D eigenvalue weighted by atomic mass is 9.89. The Balaban J connectivity index is 2.20. The van der Waals surface area contributed by atoms with Crippen molar-refractivity contribution in [1.29, 1.82) is 0 Å². The van der Waals surface area contributed by atoms with Crippen molar-refractivity contribution in [2.45, 2.75) is 50.6 Å². The Morgan fingerprint density at radius 1 is 0.808 bits per heavy atom. The molecule has 2 atom stereocenters. The Bertz CT molecular complexity index is 650. The standard InChI is InChI=1S/C18H24N2O6/c1-11(21)19-17(15(23)25-3)7-5-13(9-17)14-6-8-18(10-14,16(24)26-4)20-12(2)22/h5-6H,7-10H2,1-4H3,(H,19,21)(H,20,22)/t17-,18-/m1/s1. The Morgan fingerprint density at radius 2 is 1.15 bits per heavy atom. The number of methoxy groups -OCH3 is 2. The van der Waals surface area contributed by atoms with Crippen molar-refractivity contribution >= 4 is 23.8 Å². The Kier molecular flexibility index (Phi) is 5.53. The first-order valence-corrected chi connectivity index (χ1v) is 8.31. The van der Waals surface area contributed by atoms with Crippen molar-refractivity contribution < 1.29 is 28.7 Å². The molecule has 142 valence electrons. The van der Waals surface area contributed by atoms with Gasteiger partial charge in [-0.15, -0.1) is 0 Å². The molecule has 26 heavy (non-hydrogen) atoms. The zero-order valence-corrected chi connectivity index (χ0v) is 15.4. The van der Waals surface area contributed by atoms with Gasteiger partial charge in [0.05, 0.1) is 14.2 Å². The molecular formula is C18H24N2O6. The molecular weight excluding hydrogens is 340 g/mol. The molecule has 2 N–H and O–H groups in total. The van der Waals surface area contributed by atoms with E-state index in [1.807, 2.05) is 12.2 Å². The molecule has 0 spiro atoms. The van der Waals surface area contributed by atoms with Gasteiger partial charge in [0, 0.05) is 39.5 Å². The summed E-state index contributed by atoms with van der Waals surface area (Å²) in [5.74, 6) is -1.68. The molecule has 0 aromatic heterocycles. The van der Waals surface area contributed by atoms with Crippen LogP contribution >= 0.6 is 0 Å². The minimum atomic E-state index is -1.14. The number of hydrogen-bond donors (Lipinski definition) is 2. The SMILES string of the molecule is COC(=O)[C@@]1(NC(C)=O)CC=C(C2=CC[C@](NC(C)=O)(C(=O)OC)C2)C1. The van der Waals surface area contributed by atoms with Crippen LogP contribution in [0.4, 0.5) is 0 Å². The molecule has 0 unspecified atom stereocenters. The van der Waals surface area contributed by atoms with Gasteiger partial charge in [-0.3, -0.25) is 9.59 Å². The maximum atomic E-state index is 12.2. The highest BCUT2D eigenvalue weighted by molar-refractivity contribution is 5.90. The first-order chi connectivity index (χ1) is 12.2. The molecule has 0 aromatic carbocycles. The predicted octanol–water partition coefficient (Wildman–Crippen LogP) is 0.523. The summed E-state index contributed by atoms with van der Waals surface area (Å²) in [7, 11) is 2.55. The lowest BCUT2D eigenvalue weighted by molar-refractivity contribution is -0.150. The van der Waals surface area contributed by atoms with Crippen LogP contribution in [-0.2, 0) is 28.7 Å². The van der Waals surface area contributed by atoms with Crippen LogP contribution in [0.15, 0.2) is 23.3 Å². The average Bonchev–Trinajstić information content (AvgIpc) is 3.18. The van der Waals surface area contributed by atoms with E-state index in [9.17, 15) is 19.2 Å². The summed E-state index contributed by atoms with van der Waals surface area (Å²) in [4.78, 5) is 47.6. The third-order valence-electron chi connectivity index (χ3n) is 4.77. The highest BCUT2D eigenvalue weighted by Gasteiger charge is 2.48. The van der Waals surface area contributed by atoms with Gasteiger partial charge in [-0.1, -0.05) is 12.2 Å². The van der Waals surface area contributed by atoms with E-state index in [0.29, 0.717) is 12.8 Å². The Morgan fingerprint density at radius 3 is 1.42 bits per heavy atom. The fourth-order valence-corrected chi connectivity index (χ4v) is 3.69. The van der Waals surface area contributed by atoms with Crippen molar-refractivity contribution in [3.63, 3.8) is 0 Å². The summed E-state index contributed by atoms with van der Waals surface area (Å²) in [6.07, 6.45) is 4.86. The number of nitrogens with one attached hydrogen (secondary N) is 2. The third-order valence-corrected chi connectivity index (χ3v) is 4.77. The average molecular weight is 364 g/mol. The molecule has 0 radical (unpaired) electrons. The first kappa shape index (κ1) is 19.7. The van der Waals surface area contributed by atoms with Gasteiger partial charge in [-0.25, -0.2) is 9.59 Å². The highest BCUT2D eigenvalue weighted by atomic mass is 16.5. The molecule has 0 aliphatic heterocycles. The molecule has 0 fully saturated rings. The topological polar surface area (TPSA) is 111 Å². The maximum Gasteiger partial charge on any atom is 0.332 e. The number of carbonyl (C=O) groups is 4. The lowest BCUT2D eigenvalue weighted by Crippen LogP contribution is -2.53. The largest absolute Gasteiger partial charge is 0.467 e. The monoisotopic (exact) mass is 364 g/mol. The van der Waals surface area contributed by atoms with Crippen LogP contribution in [-0.4, -0.2) is 49.1 Å². The summed E-state index contributed by atoms with van der Waals surface area (Å²) in [5.41, 5.74) is -0.580. The second-order valence-corrected chi connectivity index (χ2v) is 6.73. The molecule has 0 heterocycles. The summed E-state index contributed by atoms with van der Waals surface area (Å²) >= 11 is 0. The van der Waals surface area contributed by atoms with E-state index in [4.69, 9.17) is 9.47 Å². The van der Waals surface area contributed by atoms with E-state index >= 15 is 0 Å². The zero-order chi connectivity index (χ0) is 19.5. The minimum Gasteiger partial charge on any atom is -0.467 e. The van der Waals surface area contributed by atoms with Crippen LogP contribution in [0.1, 0.15) is 39.5 Å². The number of ether oxygens (including phenoxy) is 2. The summed E-state index contributed by atoms with van der Waals surface area (Å²) < 4.78 is 9.72. The summed E-state index contributed by atoms with van der Waals surface area (Å²) in [6, 6.07) is 0. The molecule has 0 saturated carbocycles. The number of hydrogen-bond acceptors (Lipinski definition) is 6. The molecule has 8 heteroatoms. The van der Waals surface area contributed by atoms with Gasteiger partial charge in [0.15, 0.2) is 0 Å². The van der Waals surface area contributed by atoms with Gasteiger partial charge in [-0.2, -0.15) is 0 Å². The van der Waals surface area contributed by atoms with Gasteiger partial charge in [0.2, 0.25) is 11.8 Å². The fraction of sp³-hybridized carbons (Fsp3) is 0.556. The van der Waals surface area contributed by atoms with Crippen molar-refractivity contribution in [2.75, 3.05) is 14.2 Å². The molecule has 2 amide bonds. The molecule has 0 bridgehead atoms. The van der Waals surface area contributed by atoms with E-state index < -0.39 is 23.0 Å². The predicted molar refractivity (Wildman–Crippen MR) is 91.8 cm³/mol. The second-order valence-electron chi connectivity index (χ2n) is 6.73. The van der Waals surface area contributed by atoms with E-state index in [1.54, 1.807) is 0 Å². The quantitative estimate of drug-likeness (QED) is 0.688. The van der Waals surface area contributed by atoms with Crippen LogP contribution in [0.2, 0.25) is 0 Å². The molecule has 0 saturated heterocycles. The lowest BCUT2D eigenvalue weighted by Gasteiger charge is -2.29. The molecule has 8 nitrogen and oxygen atoms in total. The van der Waals surface area contributed by atoms with Gasteiger partial charge >= 0.3 is 11.9 Å². The van der Waals surface area contributed by atoms with Crippen molar-refractivity contribution in [2.24, 2.45) is 0 Å². The Labute approximate surface area is 152 Å². The fourth-order valence-electron chi connectivity index (χ4n) is 3.69. The van der Waals surface area contributed by atoms with Gasteiger partial charge in [0.1, 0.15) is 11.1 Å². The normalized spacial score (nSPS) is 27.2. The van der Waals surface area contributed by atoms with Gasteiger partial charge in [0.25, 0.3) is 0 Å². The van der Waals surface area contributed by atoms with E-state index in [1.165, 1.54) is 28.1 Å². The highest BCUT2D eigenvalue weighted by Crippen LogP contribution is 2.41.